The van der Waals surface area contributed by atoms with Gasteiger partial charge in [0.1, 0.15) is 0 Å². The molecule has 0 saturated carbocycles. The molecule has 1 aromatic heterocycles. The number of fused-ring (bicyclic) bond motifs is 1. The van der Waals surface area contributed by atoms with E-state index in [9.17, 15) is 14.7 Å². The normalized spacial score (nSPS) is 19.1. The van der Waals surface area contributed by atoms with E-state index in [0.29, 0.717) is 18.0 Å². The summed E-state index contributed by atoms with van der Waals surface area (Å²) < 4.78 is 0. The van der Waals surface area contributed by atoms with Crippen LogP contribution in [0.2, 0.25) is 0 Å². The summed E-state index contributed by atoms with van der Waals surface area (Å²) in [6.45, 7) is 0. The second-order valence-electron chi connectivity index (χ2n) is 6.55. The van der Waals surface area contributed by atoms with Crippen molar-refractivity contribution in [3.63, 3.8) is 0 Å². The van der Waals surface area contributed by atoms with Gasteiger partial charge in [-0.05, 0) is 23.6 Å². The number of carbonyl (C=O) groups is 2. The van der Waals surface area contributed by atoms with Gasteiger partial charge in [0, 0.05) is 10.9 Å². The number of hydrogen-bond donors (Lipinski definition) is 2. The second-order valence-corrected chi connectivity index (χ2v) is 7.41. The Bertz CT molecular complexity index is 1040. The molecule has 0 bridgehead atoms. The van der Waals surface area contributed by atoms with Crippen molar-refractivity contribution < 1.29 is 14.7 Å². The van der Waals surface area contributed by atoms with Gasteiger partial charge >= 0.3 is 5.97 Å². The van der Waals surface area contributed by atoms with Crippen LogP contribution in [-0.2, 0) is 9.59 Å². The maximum absolute atomic E-state index is 12.6. The van der Waals surface area contributed by atoms with Gasteiger partial charge in [-0.3, -0.25) is 9.59 Å². The topological polar surface area (TPSA) is 79.3 Å². The van der Waals surface area contributed by atoms with Gasteiger partial charge in [-0.1, -0.05) is 54.6 Å². The SMILES string of the molecule is O=C(O)[C@H]1CC=CC[C@@H]1C(=O)Nc1nc(-c2cccc3ccccc23)cs1. The minimum Gasteiger partial charge on any atom is -0.481 e. The molecule has 0 saturated heterocycles. The van der Waals surface area contributed by atoms with Gasteiger partial charge in [-0.2, -0.15) is 0 Å². The molecule has 3 aromatic rings. The number of carbonyl (C=O) groups excluding carboxylic acids is 1. The number of aliphatic carboxylic acids is 1. The highest BCUT2D eigenvalue weighted by Gasteiger charge is 2.34. The minimum atomic E-state index is -0.935. The molecule has 1 heterocycles. The summed E-state index contributed by atoms with van der Waals surface area (Å²) in [4.78, 5) is 28.6. The summed E-state index contributed by atoms with van der Waals surface area (Å²) in [7, 11) is 0. The van der Waals surface area contributed by atoms with Gasteiger partial charge in [0.2, 0.25) is 5.91 Å². The first kappa shape index (κ1) is 17.4. The van der Waals surface area contributed by atoms with E-state index in [2.05, 4.69) is 22.4 Å². The molecule has 136 valence electrons. The van der Waals surface area contributed by atoms with Gasteiger partial charge in [0.15, 0.2) is 5.13 Å². The first-order valence-corrected chi connectivity index (χ1v) is 9.64. The molecule has 27 heavy (non-hydrogen) atoms. The highest BCUT2D eigenvalue weighted by atomic mass is 32.1. The number of nitrogens with zero attached hydrogens (tertiary/aromatic N) is 1. The van der Waals surface area contributed by atoms with Crippen molar-refractivity contribution >= 4 is 39.1 Å². The highest BCUT2D eigenvalue weighted by molar-refractivity contribution is 7.14. The zero-order chi connectivity index (χ0) is 18.8. The molecule has 2 N–H and O–H groups in total. The van der Waals surface area contributed by atoms with Crippen molar-refractivity contribution in [3.8, 4) is 11.3 Å². The van der Waals surface area contributed by atoms with Gasteiger partial charge in [-0.25, -0.2) is 4.98 Å². The van der Waals surface area contributed by atoms with Crippen molar-refractivity contribution in [3.05, 3.63) is 60.0 Å². The maximum Gasteiger partial charge on any atom is 0.307 e. The summed E-state index contributed by atoms with van der Waals surface area (Å²) in [5.41, 5.74) is 1.80. The number of nitrogens with one attached hydrogen (secondary N) is 1. The van der Waals surface area contributed by atoms with E-state index in [1.54, 1.807) is 0 Å². The Hall–Kier alpha value is -2.99. The molecule has 0 radical (unpaired) electrons. The molecule has 2 atom stereocenters. The third kappa shape index (κ3) is 3.48. The third-order valence-electron chi connectivity index (χ3n) is 4.89. The van der Waals surface area contributed by atoms with Crippen LogP contribution in [0.3, 0.4) is 0 Å². The first-order valence-electron chi connectivity index (χ1n) is 8.76. The molecule has 0 aliphatic heterocycles. The van der Waals surface area contributed by atoms with E-state index in [4.69, 9.17) is 0 Å². The van der Waals surface area contributed by atoms with Crippen LogP contribution in [0.5, 0.6) is 0 Å². The molecular weight excluding hydrogens is 360 g/mol. The molecule has 2 aromatic carbocycles. The van der Waals surface area contributed by atoms with Crippen LogP contribution in [0, 0.1) is 11.8 Å². The zero-order valence-electron chi connectivity index (χ0n) is 14.5. The Morgan fingerprint density at radius 2 is 1.78 bits per heavy atom. The Balaban J connectivity index is 1.57. The summed E-state index contributed by atoms with van der Waals surface area (Å²) >= 11 is 1.35. The number of rotatable bonds is 4. The number of hydrogen-bond acceptors (Lipinski definition) is 4. The summed E-state index contributed by atoms with van der Waals surface area (Å²) in [6, 6.07) is 14.1. The molecular formula is C21H18N2O3S. The number of amides is 1. The van der Waals surface area contributed by atoms with Gasteiger partial charge in [0.25, 0.3) is 0 Å². The average Bonchev–Trinajstić information content (AvgIpc) is 3.15. The number of aromatic nitrogens is 1. The van der Waals surface area contributed by atoms with E-state index < -0.39 is 17.8 Å². The third-order valence-corrected chi connectivity index (χ3v) is 5.64. The lowest BCUT2D eigenvalue weighted by Crippen LogP contribution is -2.34. The maximum atomic E-state index is 12.6. The fourth-order valence-electron chi connectivity index (χ4n) is 3.48. The van der Waals surface area contributed by atoms with Crippen molar-refractivity contribution in [2.24, 2.45) is 11.8 Å². The molecule has 0 unspecified atom stereocenters. The van der Waals surface area contributed by atoms with Crippen LogP contribution in [-0.4, -0.2) is 22.0 Å². The highest BCUT2D eigenvalue weighted by Crippen LogP contribution is 2.32. The van der Waals surface area contributed by atoms with E-state index in [-0.39, 0.29) is 5.91 Å². The van der Waals surface area contributed by atoms with Gasteiger partial charge in [0.05, 0.1) is 17.5 Å². The molecule has 1 aliphatic carbocycles. The lowest BCUT2D eigenvalue weighted by Gasteiger charge is -2.23. The molecule has 4 rings (SSSR count). The number of carboxylic acid groups (broad SMARTS) is 1. The van der Waals surface area contributed by atoms with Crippen LogP contribution in [0.4, 0.5) is 5.13 Å². The largest absolute Gasteiger partial charge is 0.481 e. The van der Waals surface area contributed by atoms with E-state index >= 15 is 0 Å². The molecule has 1 amide bonds. The predicted molar refractivity (Wildman–Crippen MR) is 107 cm³/mol. The number of carboxylic acids is 1. The fraction of sp³-hybridized carbons (Fsp3) is 0.190. The van der Waals surface area contributed by atoms with E-state index in [1.165, 1.54) is 11.3 Å². The molecule has 0 spiro atoms. The average molecular weight is 378 g/mol. The van der Waals surface area contributed by atoms with Crippen LogP contribution in [0.1, 0.15) is 12.8 Å². The molecule has 6 heteroatoms. The number of benzene rings is 2. The molecule has 0 fully saturated rings. The van der Waals surface area contributed by atoms with Crippen molar-refractivity contribution in [2.45, 2.75) is 12.8 Å². The lowest BCUT2D eigenvalue weighted by atomic mass is 9.82. The number of anilines is 1. The van der Waals surface area contributed by atoms with E-state index in [0.717, 1.165) is 22.0 Å². The summed E-state index contributed by atoms with van der Waals surface area (Å²) in [6.07, 6.45) is 4.51. The number of thiazole rings is 1. The van der Waals surface area contributed by atoms with Crippen molar-refractivity contribution in [1.82, 2.24) is 4.98 Å². The summed E-state index contributed by atoms with van der Waals surface area (Å²) in [5, 5.41) is 16.8. The Labute approximate surface area is 160 Å². The number of allylic oxidation sites excluding steroid dienone is 2. The lowest BCUT2D eigenvalue weighted by molar-refractivity contribution is -0.146. The van der Waals surface area contributed by atoms with E-state index in [1.807, 2.05) is 47.9 Å². The Kier molecular flexibility index (Phi) is 4.73. The predicted octanol–water partition coefficient (Wildman–Crippen LogP) is 4.57. The van der Waals surface area contributed by atoms with Crippen LogP contribution in [0.25, 0.3) is 22.0 Å². The molecule has 5 nitrogen and oxygen atoms in total. The van der Waals surface area contributed by atoms with Crippen molar-refractivity contribution in [1.29, 1.82) is 0 Å². The van der Waals surface area contributed by atoms with Crippen LogP contribution < -0.4 is 5.32 Å². The van der Waals surface area contributed by atoms with Crippen LogP contribution in [0.15, 0.2) is 60.0 Å². The Morgan fingerprint density at radius 1 is 1.04 bits per heavy atom. The van der Waals surface area contributed by atoms with Gasteiger partial charge < -0.3 is 10.4 Å². The molecule has 1 aliphatic rings. The van der Waals surface area contributed by atoms with Gasteiger partial charge in [-0.15, -0.1) is 11.3 Å². The second kappa shape index (κ2) is 7.32. The standard InChI is InChI=1S/C21H18N2O3S/c24-19(16-9-3-4-10-17(16)20(25)26)23-21-22-18(12-27-21)15-11-5-7-13-6-1-2-8-14(13)15/h1-8,11-12,16-17H,9-10H2,(H,25,26)(H,22,23,24)/t16-,17-/m0/s1. The zero-order valence-corrected chi connectivity index (χ0v) is 15.3. The minimum absolute atomic E-state index is 0.287. The van der Waals surface area contributed by atoms with Crippen molar-refractivity contribution in [2.75, 3.05) is 5.32 Å². The quantitative estimate of drug-likeness (QED) is 0.652. The monoisotopic (exact) mass is 378 g/mol. The van der Waals surface area contributed by atoms with Crippen LogP contribution >= 0.6 is 11.3 Å². The Morgan fingerprint density at radius 3 is 2.59 bits per heavy atom. The summed E-state index contributed by atoms with van der Waals surface area (Å²) in [5.74, 6) is -2.48. The fourth-order valence-corrected chi connectivity index (χ4v) is 4.19. The smallest absolute Gasteiger partial charge is 0.307 e. The first-order chi connectivity index (χ1) is 13.1.